The predicted molar refractivity (Wildman–Crippen MR) is 71.4 cm³/mol. The summed E-state index contributed by atoms with van der Waals surface area (Å²) in [5.74, 6) is -1.22. The summed E-state index contributed by atoms with van der Waals surface area (Å²) in [5.41, 5.74) is -1.40. The maximum atomic E-state index is 12.1. The standard InChI is InChI=1S/C12H17NO6S/c1-12(2,16)7-13-20(17,18)10-6-8(11(14)15)4-5-9(10)19-3/h4-6,13,16H,7H2,1-3H3,(H,14,15). The van der Waals surface area contributed by atoms with Gasteiger partial charge in [-0.3, -0.25) is 0 Å². The molecule has 1 aromatic carbocycles. The lowest BCUT2D eigenvalue weighted by molar-refractivity contribution is 0.0696. The van der Waals surface area contributed by atoms with E-state index in [2.05, 4.69) is 4.72 Å². The molecule has 0 aliphatic carbocycles. The van der Waals surface area contributed by atoms with E-state index in [1.807, 2.05) is 0 Å². The third-order valence-corrected chi connectivity index (χ3v) is 3.82. The predicted octanol–water partition coefficient (Wildman–Crippen LogP) is 0.443. The average Bonchev–Trinajstić information content (AvgIpc) is 2.35. The van der Waals surface area contributed by atoms with Gasteiger partial charge >= 0.3 is 5.97 Å². The number of carboxylic acids is 1. The minimum absolute atomic E-state index is 0.0262. The molecule has 0 saturated carbocycles. The van der Waals surface area contributed by atoms with E-state index >= 15 is 0 Å². The van der Waals surface area contributed by atoms with E-state index in [1.54, 1.807) is 0 Å². The zero-order valence-corrected chi connectivity index (χ0v) is 12.2. The zero-order valence-electron chi connectivity index (χ0n) is 11.4. The molecule has 0 aliphatic heterocycles. The van der Waals surface area contributed by atoms with Crippen LogP contribution in [0.25, 0.3) is 0 Å². The number of rotatable bonds is 6. The van der Waals surface area contributed by atoms with E-state index in [9.17, 15) is 18.3 Å². The van der Waals surface area contributed by atoms with Crippen molar-refractivity contribution in [1.82, 2.24) is 4.72 Å². The molecule has 0 radical (unpaired) electrons. The summed E-state index contributed by atoms with van der Waals surface area (Å²) < 4.78 is 31.4. The Balaban J connectivity index is 3.21. The normalized spacial score (nSPS) is 12.2. The fraction of sp³-hybridized carbons (Fsp3) is 0.417. The van der Waals surface area contributed by atoms with E-state index in [0.29, 0.717) is 0 Å². The molecule has 0 unspecified atom stereocenters. The topological polar surface area (TPSA) is 113 Å². The van der Waals surface area contributed by atoms with Crippen LogP contribution in [0.15, 0.2) is 23.1 Å². The first kappa shape index (κ1) is 16.4. The number of hydrogen-bond donors (Lipinski definition) is 3. The minimum atomic E-state index is -3.99. The summed E-state index contributed by atoms with van der Waals surface area (Å²) in [6.45, 7) is 2.68. The van der Waals surface area contributed by atoms with Gasteiger partial charge in [0.25, 0.3) is 0 Å². The van der Waals surface area contributed by atoms with Gasteiger partial charge in [-0.2, -0.15) is 0 Å². The van der Waals surface area contributed by atoms with Crippen molar-refractivity contribution in [2.75, 3.05) is 13.7 Å². The van der Waals surface area contributed by atoms with Crippen LogP contribution in [0.3, 0.4) is 0 Å². The highest BCUT2D eigenvalue weighted by molar-refractivity contribution is 7.89. The number of carbonyl (C=O) groups is 1. The van der Waals surface area contributed by atoms with Crippen LogP contribution in [0.4, 0.5) is 0 Å². The Morgan fingerprint density at radius 1 is 1.40 bits per heavy atom. The molecule has 0 fully saturated rings. The monoisotopic (exact) mass is 303 g/mol. The van der Waals surface area contributed by atoms with Gasteiger partial charge < -0.3 is 14.9 Å². The second-order valence-electron chi connectivity index (χ2n) is 4.81. The SMILES string of the molecule is COc1ccc(C(=O)O)cc1S(=O)(=O)NCC(C)(C)O. The molecular formula is C12H17NO6S. The summed E-state index contributed by atoms with van der Waals surface area (Å²) in [4.78, 5) is 10.6. The molecule has 0 amide bonds. The molecule has 0 bridgehead atoms. The summed E-state index contributed by atoms with van der Waals surface area (Å²) in [6.07, 6.45) is 0. The first-order chi connectivity index (χ1) is 9.07. The molecule has 0 heterocycles. The maximum absolute atomic E-state index is 12.1. The fourth-order valence-corrected chi connectivity index (χ4v) is 2.77. The largest absolute Gasteiger partial charge is 0.495 e. The van der Waals surface area contributed by atoms with Gasteiger partial charge in [0.05, 0.1) is 18.3 Å². The van der Waals surface area contributed by atoms with Crippen molar-refractivity contribution in [3.05, 3.63) is 23.8 Å². The number of benzene rings is 1. The third kappa shape index (κ3) is 4.19. The third-order valence-electron chi connectivity index (χ3n) is 2.39. The van der Waals surface area contributed by atoms with Crippen LogP contribution in [0.5, 0.6) is 5.75 Å². The van der Waals surface area contributed by atoms with E-state index < -0.39 is 21.6 Å². The minimum Gasteiger partial charge on any atom is -0.495 e. The molecule has 20 heavy (non-hydrogen) atoms. The van der Waals surface area contributed by atoms with Crippen molar-refractivity contribution in [3.8, 4) is 5.75 Å². The number of nitrogens with one attached hydrogen (secondary N) is 1. The lowest BCUT2D eigenvalue weighted by Crippen LogP contribution is -2.38. The van der Waals surface area contributed by atoms with Gasteiger partial charge in [-0.1, -0.05) is 0 Å². The number of ether oxygens (including phenoxy) is 1. The average molecular weight is 303 g/mol. The number of hydrogen-bond acceptors (Lipinski definition) is 5. The summed E-state index contributed by atoms with van der Waals surface area (Å²) >= 11 is 0. The highest BCUT2D eigenvalue weighted by Gasteiger charge is 2.24. The lowest BCUT2D eigenvalue weighted by atomic mass is 10.1. The van der Waals surface area contributed by atoms with Crippen LogP contribution in [-0.4, -0.2) is 43.9 Å². The summed E-state index contributed by atoms with van der Waals surface area (Å²) in [7, 11) is -2.71. The molecule has 0 aromatic heterocycles. The molecule has 3 N–H and O–H groups in total. The Morgan fingerprint density at radius 2 is 2.00 bits per heavy atom. The van der Waals surface area contributed by atoms with Crippen LogP contribution >= 0.6 is 0 Å². The molecule has 8 heteroatoms. The van der Waals surface area contributed by atoms with E-state index in [1.165, 1.54) is 33.1 Å². The van der Waals surface area contributed by atoms with Crippen molar-refractivity contribution in [2.45, 2.75) is 24.3 Å². The molecule has 0 saturated heterocycles. The van der Waals surface area contributed by atoms with Gasteiger partial charge in [0, 0.05) is 6.54 Å². The van der Waals surface area contributed by atoms with Crippen molar-refractivity contribution in [2.24, 2.45) is 0 Å². The highest BCUT2D eigenvalue weighted by Crippen LogP contribution is 2.25. The number of aromatic carboxylic acids is 1. The number of aliphatic hydroxyl groups is 1. The van der Waals surface area contributed by atoms with Crippen molar-refractivity contribution >= 4 is 16.0 Å². The Morgan fingerprint density at radius 3 is 2.45 bits per heavy atom. The van der Waals surface area contributed by atoms with Crippen LogP contribution in [0.1, 0.15) is 24.2 Å². The van der Waals surface area contributed by atoms with Gasteiger partial charge in [0.15, 0.2) is 0 Å². The lowest BCUT2D eigenvalue weighted by Gasteiger charge is -2.18. The van der Waals surface area contributed by atoms with Crippen molar-refractivity contribution in [3.63, 3.8) is 0 Å². The van der Waals surface area contributed by atoms with Crippen molar-refractivity contribution in [1.29, 1.82) is 0 Å². The number of sulfonamides is 1. The van der Waals surface area contributed by atoms with Crippen LogP contribution in [0.2, 0.25) is 0 Å². The Hall–Kier alpha value is -1.64. The highest BCUT2D eigenvalue weighted by atomic mass is 32.2. The molecule has 0 aliphatic rings. The van der Waals surface area contributed by atoms with Crippen LogP contribution < -0.4 is 9.46 Å². The maximum Gasteiger partial charge on any atom is 0.335 e. The van der Waals surface area contributed by atoms with Gasteiger partial charge in [-0.05, 0) is 32.0 Å². The number of carboxylic acid groups (broad SMARTS) is 1. The first-order valence-electron chi connectivity index (χ1n) is 5.70. The molecule has 0 atom stereocenters. The zero-order chi connectivity index (χ0) is 15.6. The van der Waals surface area contributed by atoms with E-state index in [0.717, 1.165) is 6.07 Å². The molecule has 0 spiro atoms. The number of methoxy groups -OCH3 is 1. The fourth-order valence-electron chi connectivity index (χ4n) is 1.37. The summed E-state index contributed by atoms with van der Waals surface area (Å²) in [5, 5.41) is 18.4. The molecule has 7 nitrogen and oxygen atoms in total. The second kappa shape index (κ2) is 5.78. The van der Waals surface area contributed by atoms with Gasteiger partial charge in [-0.15, -0.1) is 0 Å². The van der Waals surface area contributed by atoms with E-state index in [4.69, 9.17) is 9.84 Å². The molecule has 1 aromatic rings. The first-order valence-corrected chi connectivity index (χ1v) is 7.18. The van der Waals surface area contributed by atoms with Gasteiger partial charge in [-0.25, -0.2) is 17.9 Å². The van der Waals surface area contributed by atoms with Crippen LogP contribution in [0, 0.1) is 0 Å². The van der Waals surface area contributed by atoms with Crippen molar-refractivity contribution < 1.29 is 28.2 Å². The summed E-state index contributed by atoms with van der Waals surface area (Å²) in [6, 6.07) is 3.52. The van der Waals surface area contributed by atoms with E-state index in [-0.39, 0.29) is 22.8 Å². The Bertz CT molecular complexity index is 603. The quantitative estimate of drug-likeness (QED) is 0.703. The van der Waals surface area contributed by atoms with Gasteiger partial charge in [0.2, 0.25) is 10.0 Å². The Kier molecular flexibility index (Phi) is 4.74. The molecule has 1 rings (SSSR count). The smallest absolute Gasteiger partial charge is 0.335 e. The van der Waals surface area contributed by atoms with Gasteiger partial charge in [0.1, 0.15) is 10.6 Å². The molecular weight excluding hydrogens is 286 g/mol. The second-order valence-corrected chi connectivity index (χ2v) is 6.54. The van der Waals surface area contributed by atoms with Crippen LogP contribution in [-0.2, 0) is 10.0 Å². The Labute approximate surface area is 117 Å². The molecule has 112 valence electrons.